The van der Waals surface area contributed by atoms with Gasteiger partial charge in [-0.15, -0.1) is 0 Å². The Balaban J connectivity index is 2.07. The van der Waals surface area contributed by atoms with Gasteiger partial charge < -0.3 is 50.3 Å². The molecule has 10 atom stereocenters. The van der Waals surface area contributed by atoms with Crippen LogP contribution in [0.1, 0.15) is 6.42 Å². The highest BCUT2D eigenvalue weighted by Crippen LogP contribution is 2.31. The Morgan fingerprint density at radius 3 is 1.91 bits per heavy atom. The second kappa shape index (κ2) is 7.66. The molecule has 0 aromatic rings. The molecule has 0 spiro atoms. The van der Waals surface area contributed by atoms with Crippen molar-refractivity contribution in [3.8, 4) is 0 Å². The monoisotopic (exact) mass is 340 g/mol. The summed E-state index contributed by atoms with van der Waals surface area (Å²) in [7, 11) is 0. The molecule has 2 aliphatic rings. The molecular weight excluding hydrogens is 316 g/mol. The van der Waals surface area contributed by atoms with Gasteiger partial charge in [-0.25, -0.2) is 0 Å². The normalized spacial score (nSPS) is 51.7. The van der Waals surface area contributed by atoms with E-state index in [-0.39, 0.29) is 6.42 Å². The van der Waals surface area contributed by atoms with E-state index in [1.165, 1.54) is 0 Å². The second-order valence-electron chi connectivity index (χ2n) is 6.02. The Kier molecular flexibility index (Phi) is 6.30. The molecule has 0 radical (unpaired) electrons. The van der Waals surface area contributed by atoms with E-state index in [9.17, 15) is 35.7 Å². The van der Waals surface area contributed by atoms with E-state index in [0.717, 1.165) is 0 Å². The minimum atomic E-state index is -1.64. The molecule has 0 aromatic carbocycles. The Bertz CT molecular complexity index is 344. The average Bonchev–Trinajstić information content (AvgIpc) is 2.55. The third-order valence-electron chi connectivity index (χ3n) is 4.49. The lowest BCUT2D eigenvalue weighted by Crippen LogP contribution is -2.62. The van der Waals surface area contributed by atoms with Gasteiger partial charge >= 0.3 is 0 Å². The quantitative estimate of drug-likeness (QED) is 0.247. The molecule has 1 aliphatic carbocycles. The molecular formula is C13H24O10. The van der Waals surface area contributed by atoms with E-state index in [4.69, 9.17) is 14.6 Å². The van der Waals surface area contributed by atoms with Gasteiger partial charge in [-0.05, 0) is 6.42 Å². The van der Waals surface area contributed by atoms with E-state index in [2.05, 4.69) is 0 Å². The maximum atomic E-state index is 9.96. The lowest BCUT2D eigenvalue weighted by atomic mass is 9.81. The number of aliphatic hydroxyl groups is 8. The fraction of sp³-hybridized carbons (Fsp3) is 1.00. The Morgan fingerprint density at radius 2 is 1.35 bits per heavy atom. The van der Waals surface area contributed by atoms with Crippen molar-refractivity contribution in [3.63, 3.8) is 0 Å². The van der Waals surface area contributed by atoms with E-state index < -0.39 is 74.3 Å². The second-order valence-corrected chi connectivity index (χ2v) is 6.02. The van der Waals surface area contributed by atoms with Crippen LogP contribution in [0.3, 0.4) is 0 Å². The molecule has 136 valence electrons. The molecule has 8 N–H and O–H groups in total. The molecule has 1 heterocycles. The number of hydrogen-bond acceptors (Lipinski definition) is 10. The van der Waals surface area contributed by atoms with Crippen LogP contribution < -0.4 is 0 Å². The van der Waals surface area contributed by atoms with Crippen LogP contribution in [0.15, 0.2) is 0 Å². The van der Waals surface area contributed by atoms with Crippen molar-refractivity contribution in [1.29, 1.82) is 0 Å². The van der Waals surface area contributed by atoms with Crippen molar-refractivity contribution in [2.24, 2.45) is 5.92 Å². The van der Waals surface area contributed by atoms with Crippen LogP contribution in [-0.2, 0) is 9.47 Å². The van der Waals surface area contributed by atoms with Crippen LogP contribution >= 0.6 is 0 Å². The van der Waals surface area contributed by atoms with E-state index in [0.29, 0.717) is 0 Å². The van der Waals surface area contributed by atoms with Crippen LogP contribution in [0.5, 0.6) is 0 Å². The first-order chi connectivity index (χ1) is 10.8. The summed E-state index contributed by atoms with van der Waals surface area (Å²) in [6.45, 7) is -1.07. The fourth-order valence-corrected chi connectivity index (χ4v) is 2.95. The molecule has 10 nitrogen and oxygen atoms in total. The number of aliphatic hydroxyl groups excluding tert-OH is 8. The molecule has 0 amide bonds. The molecule has 0 aromatic heterocycles. The first kappa shape index (κ1) is 18.9. The van der Waals surface area contributed by atoms with Gasteiger partial charge in [-0.1, -0.05) is 0 Å². The summed E-state index contributed by atoms with van der Waals surface area (Å²) < 4.78 is 10.5. The summed E-state index contributed by atoms with van der Waals surface area (Å²) >= 11 is 0. The van der Waals surface area contributed by atoms with Crippen molar-refractivity contribution in [2.45, 2.75) is 61.5 Å². The molecule has 2 rings (SSSR count). The van der Waals surface area contributed by atoms with Crippen LogP contribution in [0.2, 0.25) is 0 Å². The van der Waals surface area contributed by atoms with Crippen molar-refractivity contribution in [1.82, 2.24) is 0 Å². The SMILES string of the molecule is OCC1C[C@H](O[C@@H]2OC(CO)[C@@H](O)[C@H](O)C2O)C(O)C(O)[C@@H]1O. The van der Waals surface area contributed by atoms with Gasteiger partial charge in [-0.3, -0.25) is 0 Å². The first-order valence-electron chi connectivity index (χ1n) is 7.42. The van der Waals surface area contributed by atoms with Gasteiger partial charge in [-0.2, -0.15) is 0 Å². The zero-order chi connectivity index (χ0) is 17.3. The van der Waals surface area contributed by atoms with Gasteiger partial charge in [0.15, 0.2) is 6.29 Å². The van der Waals surface area contributed by atoms with Crippen LogP contribution in [0.4, 0.5) is 0 Å². The van der Waals surface area contributed by atoms with Gasteiger partial charge in [0.25, 0.3) is 0 Å². The van der Waals surface area contributed by atoms with Crippen molar-refractivity contribution in [3.05, 3.63) is 0 Å². The van der Waals surface area contributed by atoms with Gasteiger partial charge in [0.2, 0.25) is 0 Å². The summed E-state index contributed by atoms with van der Waals surface area (Å²) in [4.78, 5) is 0. The molecule has 1 aliphatic heterocycles. The standard InChI is InChI=1S/C13H24O10/c14-2-4-1-5(8(17)10(19)7(4)16)22-13-12(21)11(20)9(18)6(3-15)23-13/h4-21H,1-3H2/t4?,5-,6?,7+,8?,9+,10?,11-,12?,13+/m0/s1. The number of rotatable bonds is 4. The third kappa shape index (κ3) is 3.66. The maximum Gasteiger partial charge on any atom is 0.187 e. The summed E-state index contributed by atoms with van der Waals surface area (Å²) in [6.07, 6.45) is -12.9. The average molecular weight is 340 g/mol. The van der Waals surface area contributed by atoms with E-state index in [1.807, 2.05) is 0 Å². The van der Waals surface area contributed by atoms with Crippen molar-refractivity contribution in [2.75, 3.05) is 13.2 Å². The molecule has 5 unspecified atom stereocenters. The Morgan fingerprint density at radius 1 is 0.739 bits per heavy atom. The predicted molar refractivity (Wildman–Crippen MR) is 71.9 cm³/mol. The van der Waals surface area contributed by atoms with Gasteiger partial charge in [0.1, 0.15) is 36.6 Å². The van der Waals surface area contributed by atoms with E-state index >= 15 is 0 Å². The molecule has 23 heavy (non-hydrogen) atoms. The summed E-state index contributed by atoms with van der Waals surface area (Å²) in [5.41, 5.74) is 0. The zero-order valence-electron chi connectivity index (χ0n) is 12.3. The minimum absolute atomic E-state index is 0.0229. The van der Waals surface area contributed by atoms with E-state index in [1.54, 1.807) is 0 Å². The highest BCUT2D eigenvalue weighted by Gasteiger charge is 2.48. The highest BCUT2D eigenvalue weighted by atomic mass is 16.7. The number of ether oxygens (including phenoxy) is 2. The maximum absolute atomic E-state index is 9.96. The summed E-state index contributed by atoms with van der Waals surface area (Å²) in [6, 6.07) is 0. The minimum Gasteiger partial charge on any atom is -0.396 e. The summed E-state index contributed by atoms with van der Waals surface area (Å²) in [5, 5.41) is 77.1. The Labute approximate surface area is 132 Å². The van der Waals surface area contributed by atoms with Crippen molar-refractivity contribution < 1.29 is 50.3 Å². The number of hydrogen-bond donors (Lipinski definition) is 8. The Hall–Kier alpha value is -0.400. The molecule has 1 saturated heterocycles. The van der Waals surface area contributed by atoms with Gasteiger partial charge in [0.05, 0.1) is 18.8 Å². The topological polar surface area (TPSA) is 180 Å². The highest BCUT2D eigenvalue weighted by molar-refractivity contribution is 4.95. The predicted octanol–water partition coefficient (Wildman–Crippen LogP) is -4.73. The smallest absolute Gasteiger partial charge is 0.187 e. The van der Waals surface area contributed by atoms with Crippen LogP contribution in [0, 0.1) is 5.92 Å². The molecule has 0 bridgehead atoms. The lowest BCUT2D eigenvalue weighted by Gasteiger charge is -2.44. The van der Waals surface area contributed by atoms with Crippen LogP contribution in [0.25, 0.3) is 0 Å². The molecule has 10 heteroatoms. The lowest BCUT2D eigenvalue weighted by molar-refractivity contribution is -0.326. The van der Waals surface area contributed by atoms with Crippen molar-refractivity contribution >= 4 is 0 Å². The zero-order valence-corrected chi connectivity index (χ0v) is 12.3. The summed E-state index contributed by atoms with van der Waals surface area (Å²) in [5.74, 6) is -0.747. The largest absolute Gasteiger partial charge is 0.396 e. The third-order valence-corrected chi connectivity index (χ3v) is 4.49. The molecule has 1 saturated carbocycles. The fourth-order valence-electron chi connectivity index (χ4n) is 2.95. The van der Waals surface area contributed by atoms with Crippen LogP contribution in [-0.4, -0.2) is 109 Å². The van der Waals surface area contributed by atoms with Gasteiger partial charge in [0, 0.05) is 12.5 Å². The first-order valence-corrected chi connectivity index (χ1v) is 7.42. The molecule has 2 fully saturated rings.